The Balaban J connectivity index is 2.24. The van der Waals surface area contributed by atoms with Gasteiger partial charge >= 0.3 is 0 Å². The van der Waals surface area contributed by atoms with Crippen LogP contribution in [-0.2, 0) is 16.6 Å². The first-order valence-electron chi connectivity index (χ1n) is 5.43. The van der Waals surface area contributed by atoms with Crippen LogP contribution in [0.15, 0.2) is 24.3 Å². The van der Waals surface area contributed by atoms with E-state index in [-0.39, 0.29) is 12.4 Å². The maximum atomic E-state index is 11.9. The first-order valence-corrected chi connectivity index (χ1v) is 7.04. The van der Waals surface area contributed by atoms with Gasteiger partial charge in [0.2, 0.25) is 10.0 Å². The van der Waals surface area contributed by atoms with Crippen molar-refractivity contribution in [2.75, 3.05) is 25.5 Å². The van der Waals surface area contributed by atoms with Gasteiger partial charge in [-0.1, -0.05) is 18.2 Å². The first-order chi connectivity index (χ1) is 8.13. The van der Waals surface area contributed by atoms with Gasteiger partial charge in [0, 0.05) is 18.7 Å². The van der Waals surface area contributed by atoms with Crippen molar-refractivity contribution in [1.29, 1.82) is 0 Å². The Bertz CT molecular complexity index is 486. The van der Waals surface area contributed by atoms with Crippen molar-refractivity contribution in [3.8, 4) is 5.75 Å². The van der Waals surface area contributed by atoms with Gasteiger partial charge in [-0.25, -0.2) is 8.42 Å². The summed E-state index contributed by atoms with van der Waals surface area (Å²) in [6.45, 7) is 0.596. The van der Waals surface area contributed by atoms with Crippen LogP contribution in [0, 0.1) is 0 Å². The minimum atomic E-state index is -3.40. The van der Waals surface area contributed by atoms with Gasteiger partial charge in [-0.3, -0.25) is 0 Å². The minimum Gasteiger partial charge on any atom is -0.492 e. The van der Waals surface area contributed by atoms with Crippen LogP contribution < -0.4 is 4.74 Å². The van der Waals surface area contributed by atoms with Gasteiger partial charge in [0.05, 0.1) is 12.4 Å². The van der Waals surface area contributed by atoms with Crippen molar-refractivity contribution in [3.63, 3.8) is 0 Å². The highest BCUT2D eigenvalue weighted by Gasteiger charge is 2.25. The average molecular weight is 257 g/mol. The summed E-state index contributed by atoms with van der Waals surface area (Å²) in [4.78, 5) is 0. The molecule has 1 aliphatic heterocycles. The summed E-state index contributed by atoms with van der Waals surface area (Å²) in [5.74, 6) is 0.490. The van der Waals surface area contributed by atoms with E-state index in [0.717, 1.165) is 11.3 Å². The smallest absolute Gasteiger partial charge is 0.216 e. The molecule has 0 radical (unpaired) electrons. The van der Waals surface area contributed by atoms with Crippen molar-refractivity contribution in [2.45, 2.75) is 6.54 Å². The van der Waals surface area contributed by atoms with Crippen LogP contribution >= 0.6 is 0 Å². The number of aliphatic hydroxyl groups is 1. The lowest BCUT2D eigenvalue weighted by Crippen LogP contribution is -2.35. The second kappa shape index (κ2) is 5.03. The normalized spacial score (nSPS) is 17.0. The van der Waals surface area contributed by atoms with Gasteiger partial charge in [-0.2, -0.15) is 4.31 Å². The molecule has 0 saturated heterocycles. The molecular formula is C11H15NO4S. The molecule has 0 atom stereocenters. The molecule has 0 unspecified atom stereocenters. The Kier molecular flexibility index (Phi) is 3.66. The van der Waals surface area contributed by atoms with Crippen molar-refractivity contribution in [3.05, 3.63) is 29.8 Å². The number of benzene rings is 1. The number of ether oxygens (including phenoxy) is 1. The molecule has 0 spiro atoms. The van der Waals surface area contributed by atoms with E-state index in [1.54, 1.807) is 0 Å². The summed E-state index contributed by atoms with van der Waals surface area (Å²) in [6, 6.07) is 7.39. The number of aliphatic hydroxyl groups excluding tert-OH is 1. The highest BCUT2D eigenvalue weighted by molar-refractivity contribution is 7.89. The molecule has 0 aromatic heterocycles. The fraction of sp³-hybridized carbons (Fsp3) is 0.455. The molecule has 6 heteroatoms. The maximum absolute atomic E-state index is 11.9. The Morgan fingerprint density at radius 3 is 2.88 bits per heavy atom. The molecule has 2 rings (SSSR count). The lowest BCUT2D eigenvalue weighted by atomic mass is 10.2. The molecule has 5 nitrogen and oxygen atoms in total. The molecule has 1 aromatic rings. The molecule has 1 heterocycles. The molecule has 94 valence electrons. The zero-order valence-corrected chi connectivity index (χ0v) is 10.2. The largest absolute Gasteiger partial charge is 0.492 e. The summed E-state index contributed by atoms with van der Waals surface area (Å²) >= 11 is 0. The highest BCUT2D eigenvalue weighted by Crippen LogP contribution is 2.23. The topological polar surface area (TPSA) is 66.8 Å². The molecule has 17 heavy (non-hydrogen) atoms. The summed E-state index contributed by atoms with van der Waals surface area (Å²) in [6.07, 6.45) is 0. The highest BCUT2D eigenvalue weighted by atomic mass is 32.2. The Morgan fingerprint density at radius 1 is 1.35 bits per heavy atom. The van der Waals surface area contributed by atoms with Crippen LogP contribution in [0.2, 0.25) is 0 Å². The van der Waals surface area contributed by atoms with Crippen LogP contribution in [-0.4, -0.2) is 43.3 Å². The predicted molar refractivity (Wildman–Crippen MR) is 63.2 cm³/mol. The molecule has 0 fully saturated rings. The second-order valence-corrected chi connectivity index (χ2v) is 5.92. The third kappa shape index (κ3) is 2.77. The molecule has 1 aliphatic rings. The minimum absolute atomic E-state index is 0.241. The molecule has 1 aromatic carbocycles. The van der Waals surface area contributed by atoms with Crippen molar-refractivity contribution in [1.82, 2.24) is 4.31 Å². The van der Waals surface area contributed by atoms with Crippen LogP contribution in [0.3, 0.4) is 0 Å². The number of hydrogen-bond donors (Lipinski definition) is 1. The molecule has 0 amide bonds. The zero-order chi connectivity index (χ0) is 12.3. The van der Waals surface area contributed by atoms with Gasteiger partial charge in [-0.05, 0) is 6.07 Å². The molecule has 0 saturated carbocycles. The number of para-hydroxylation sites is 1. The van der Waals surface area contributed by atoms with Crippen LogP contribution in [0.1, 0.15) is 5.56 Å². The van der Waals surface area contributed by atoms with E-state index in [1.807, 2.05) is 24.3 Å². The number of nitrogens with zero attached hydrogens (tertiary/aromatic N) is 1. The average Bonchev–Trinajstić information content (AvgIpc) is 2.51. The Morgan fingerprint density at radius 2 is 2.12 bits per heavy atom. The SMILES string of the molecule is O=S(=O)(CCO)N1CCOc2ccccc2C1. The maximum Gasteiger partial charge on any atom is 0.216 e. The molecule has 0 aliphatic carbocycles. The van der Waals surface area contributed by atoms with E-state index in [0.29, 0.717) is 19.7 Å². The fourth-order valence-electron chi connectivity index (χ4n) is 1.78. The number of hydrogen-bond acceptors (Lipinski definition) is 4. The fourth-order valence-corrected chi connectivity index (χ4v) is 2.96. The van der Waals surface area contributed by atoms with E-state index in [1.165, 1.54) is 4.31 Å². The van der Waals surface area contributed by atoms with Gasteiger partial charge in [0.1, 0.15) is 12.4 Å². The van der Waals surface area contributed by atoms with Crippen molar-refractivity contribution in [2.24, 2.45) is 0 Å². The molecular weight excluding hydrogens is 242 g/mol. The lowest BCUT2D eigenvalue weighted by Gasteiger charge is -2.18. The monoisotopic (exact) mass is 257 g/mol. The molecule has 0 bridgehead atoms. The number of rotatable bonds is 3. The van der Waals surface area contributed by atoms with E-state index < -0.39 is 10.0 Å². The van der Waals surface area contributed by atoms with Gasteiger partial charge < -0.3 is 9.84 Å². The van der Waals surface area contributed by atoms with E-state index >= 15 is 0 Å². The summed E-state index contributed by atoms with van der Waals surface area (Å²) in [5.41, 5.74) is 0.853. The van der Waals surface area contributed by atoms with Crippen molar-refractivity contribution < 1.29 is 18.3 Å². The zero-order valence-electron chi connectivity index (χ0n) is 9.37. The first kappa shape index (κ1) is 12.3. The van der Waals surface area contributed by atoms with Crippen LogP contribution in [0.4, 0.5) is 0 Å². The van der Waals surface area contributed by atoms with Crippen LogP contribution in [0.5, 0.6) is 5.75 Å². The van der Waals surface area contributed by atoms with Gasteiger partial charge in [0.15, 0.2) is 0 Å². The van der Waals surface area contributed by atoms with E-state index in [9.17, 15) is 8.42 Å². The van der Waals surface area contributed by atoms with E-state index in [4.69, 9.17) is 9.84 Å². The van der Waals surface area contributed by atoms with E-state index in [2.05, 4.69) is 0 Å². The second-order valence-electron chi connectivity index (χ2n) is 3.83. The van der Waals surface area contributed by atoms with Gasteiger partial charge in [0.25, 0.3) is 0 Å². The summed E-state index contributed by atoms with van der Waals surface area (Å²) in [7, 11) is -3.40. The number of fused-ring (bicyclic) bond motifs is 1. The Hall–Kier alpha value is -1.11. The third-order valence-electron chi connectivity index (χ3n) is 2.66. The summed E-state index contributed by atoms with van der Waals surface area (Å²) in [5, 5.41) is 8.76. The quantitative estimate of drug-likeness (QED) is 0.840. The lowest BCUT2D eigenvalue weighted by molar-refractivity contribution is 0.287. The Labute approximate surface area is 101 Å². The standard InChI is InChI=1S/C11H15NO4S/c13-6-8-17(14,15)12-5-7-16-11-4-2-1-3-10(11)9-12/h1-4,13H,5-9H2. The summed E-state index contributed by atoms with van der Waals surface area (Å²) < 4.78 is 30.6. The van der Waals surface area contributed by atoms with Gasteiger partial charge in [-0.15, -0.1) is 0 Å². The number of sulfonamides is 1. The third-order valence-corrected chi connectivity index (χ3v) is 4.46. The molecule has 1 N–H and O–H groups in total. The predicted octanol–water partition coefficient (Wildman–Crippen LogP) is 0.203. The van der Waals surface area contributed by atoms with Crippen LogP contribution in [0.25, 0.3) is 0 Å². The van der Waals surface area contributed by atoms with Crippen molar-refractivity contribution >= 4 is 10.0 Å².